The Morgan fingerprint density at radius 3 is 2.43 bits per heavy atom. The van der Waals surface area contributed by atoms with Crippen LogP contribution in [0.25, 0.3) is 10.8 Å². The fraction of sp³-hybridized carbons (Fsp3) is 0.389. The van der Waals surface area contributed by atoms with Gasteiger partial charge >= 0.3 is 0 Å². The van der Waals surface area contributed by atoms with Crippen molar-refractivity contribution in [3.05, 3.63) is 48.0 Å². The highest BCUT2D eigenvalue weighted by Gasteiger charge is 2.19. The normalized spacial score (nSPS) is 12.6. The molecule has 0 saturated carbocycles. The molecule has 112 valence electrons. The van der Waals surface area contributed by atoms with Crippen molar-refractivity contribution in [3.8, 4) is 0 Å². The van der Waals surface area contributed by atoms with Crippen LogP contribution in [0.4, 0.5) is 0 Å². The highest BCUT2D eigenvalue weighted by molar-refractivity contribution is 5.90. The number of carbonyl (C=O) groups excluding carboxylic acids is 1. The fourth-order valence-electron chi connectivity index (χ4n) is 2.60. The van der Waals surface area contributed by atoms with Crippen LogP contribution in [-0.2, 0) is 11.2 Å². The number of rotatable bonds is 5. The summed E-state index contributed by atoms with van der Waals surface area (Å²) in [6, 6.07) is 14.2. The number of aliphatic hydroxyl groups excluding tert-OH is 1. The van der Waals surface area contributed by atoms with E-state index in [1.807, 2.05) is 44.2 Å². The van der Waals surface area contributed by atoms with E-state index in [0.29, 0.717) is 13.0 Å². The van der Waals surface area contributed by atoms with Gasteiger partial charge in [-0.15, -0.1) is 0 Å². The van der Waals surface area contributed by atoms with E-state index >= 15 is 0 Å². The predicted molar refractivity (Wildman–Crippen MR) is 86.2 cm³/mol. The summed E-state index contributed by atoms with van der Waals surface area (Å²) in [4.78, 5) is 14.3. The third-order valence-electron chi connectivity index (χ3n) is 3.63. The Hall–Kier alpha value is -1.87. The molecule has 0 fully saturated rings. The molecular weight excluding hydrogens is 262 g/mol. The Morgan fingerprint density at radius 2 is 1.76 bits per heavy atom. The topological polar surface area (TPSA) is 40.5 Å². The van der Waals surface area contributed by atoms with Gasteiger partial charge in [-0.3, -0.25) is 4.79 Å². The zero-order valence-electron chi connectivity index (χ0n) is 12.9. The monoisotopic (exact) mass is 285 g/mol. The van der Waals surface area contributed by atoms with Gasteiger partial charge in [0.2, 0.25) is 5.91 Å². The van der Waals surface area contributed by atoms with Gasteiger partial charge in [0, 0.05) is 12.6 Å². The number of hydrogen-bond donors (Lipinski definition) is 1. The van der Waals surface area contributed by atoms with E-state index in [0.717, 1.165) is 16.3 Å². The average molecular weight is 285 g/mol. The van der Waals surface area contributed by atoms with E-state index < -0.39 is 6.10 Å². The Labute approximate surface area is 126 Å². The van der Waals surface area contributed by atoms with Gasteiger partial charge < -0.3 is 10.0 Å². The molecule has 0 bridgehead atoms. The lowest BCUT2D eigenvalue weighted by Gasteiger charge is -2.28. The van der Waals surface area contributed by atoms with Crippen LogP contribution >= 0.6 is 0 Å². The van der Waals surface area contributed by atoms with Crippen molar-refractivity contribution < 1.29 is 9.90 Å². The minimum atomic E-state index is -0.510. The lowest BCUT2D eigenvalue weighted by Crippen LogP contribution is -2.42. The molecule has 0 aliphatic heterocycles. The van der Waals surface area contributed by atoms with Crippen LogP contribution in [0.5, 0.6) is 0 Å². The molecule has 1 N–H and O–H groups in total. The van der Waals surface area contributed by atoms with Crippen molar-refractivity contribution in [3.63, 3.8) is 0 Å². The van der Waals surface area contributed by atoms with Gasteiger partial charge in [0.1, 0.15) is 0 Å². The second kappa shape index (κ2) is 6.72. The van der Waals surface area contributed by atoms with Crippen molar-refractivity contribution in [1.82, 2.24) is 4.90 Å². The summed E-state index contributed by atoms with van der Waals surface area (Å²) in [5, 5.41) is 11.8. The maximum Gasteiger partial charge on any atom is 0.227 e. The maximum absolute atomic E-state index is 12.5. The highest BCUT2D eigenvalue weighted by atomic mass is 16.3. The molecular formula is C18H23NO2. The minimum Gasteiger partial charge on any atom is -0.392 e. The minimum absolute atomic E-state index is 0.0576. The van der Waals surface area contributed by atoms with Gasteiger partial charge in [-0.1, -0.05) is 42.5 Å². The first-order valence-electron chi connectivity index (χ1n) is 7.43. The van der Waals surface area contributed by atoms with Crippen molar-refractivity contribution in [2.24, 2.45) is 0 Å². The molecule has 0 aliphatic carbocycles. The molecule has 0 heterocycles. The number of aliphatic hydroxyl groups is 1. The fourth-order valence-corrected chi connectivity index (χ4v) is 2.60. The molecule has 2 aromatic carbocycles. The van der Waals surface area contributed by atoms with Crippen LogP contribution < -0.4 is 0 Å². The van der Waals surface area contributed by atoms with Crippen molar-refractivity contribution >= 4 is 16.7 Å². The molecule has 1 atom stereocenters. The molecule has 2 rings (SSSR count). The van der Waals surface area contributed by atoms with Gasteiger partial charge in [0.25, 0.3) is 0 Å². The zero-order valence-corrected chi connectivity index (χ0v) is 12.9. The first-order chi connectivity index (χ1) is 9.99. The molecule has 0 spiro atoms. The third kappa shape index (κ3) is 3.82. The van der Waals surface area contributed by atoms with Crippen LogP contribution in [0.15, 0.2) is 42.5 Å². The zero-order chi connectivity index (χ0) is 15.4. The first kappa shape index (κ1) is 15.5. The number of fused-ring (bicyclic) bond motifs is 1. The largest absolute Gasteiger partial charge is 0.392 e. The summed E-state index contributed by atoms with van der Waals surface area (Å²) >= 11 is 0. The van der Waals surface area contributed by atoms with Gasteiger partial charge in [-0.2, -0.15) is 0 Å². The van der Waals surface area contributed by atoms with Crippen LogP contribution in [0, 0.1) is 0 Å². The Bertz CT molecular complexity index is 614. The molecule has 0 aliphatic rings. The predicted octanol–water partition coefficient (Wildman–Crippen LogP) is 3.00. The Balaban J connectivity index is 2.24. The van der Waals surface area contributed by atoms with Gasteiger partial charge in [0.05, 0.1) is 12.5 Å². The number of benzene rings is 2. The molecule has 2 aromatic rings. The molecule has 21 heavy (non-hydrogen) atoms. The van der Waals surface area contributed by atoms with Gasteiger partial charge in [-0.25, -0.2) is 0 Å². The Kier molecular flexibility index (Phi) is 4.97. The number of nitrogens with zero attached hydrogens (tertiary/aromatic N) is 1. The van der Waals surface area contributed by atoms with E-state index in [1.54, 1.807) is 11.8 Å². The molecule has 3 nitrogen and oxygen atoms in total. The van der Waals surface area contributed by atoms with Crippen LogP contribution in [0.2, 0.25) is 0 Å². The number of hydrogen-bond acceptors (Lipinski definition) is 2. The summed E-state index contributed by atoms with van der Waals surface area (Å²) in [6.45, 7) is 6.04. The van der Waals surface area contributed by atoms with Crippen molar-refractivity contribution in [2.75, 3.05) is 6.54 Å². The van der Waals surface area contributed by atoms with Crippen LogP contribution in [0.3, 0.4) is 0 Å². The summed E-state index contributed by atoms with van der Waals surface area (Å²) < 4.78 is 0. The average Bonchev–Trinajstić information content (AvgIpc) is 2.44. The van der Waals surface area contributed by atoms with E-state index in [-0.39, 0.29) is 11.9 Å². The van der Waals surface area contributed by atoms with Crippen LogP contribution in [-0.4, -0.2) is 34.6 Å². The van der Waals surface area contributed by atoms with Crippen LogP contribution in [0.1, 0.15) is 26.3 Å². The summed E-state index contributed by atoms with van der Waals surface area (Å²) in [5.74, 6) is 0.0576. The maximum atomic E-state index is 12.5. The second-order valence-corrected chi connectivity index (χ2v) is 5.80. The molecule has 1 amide bonds. The summed E-state index contributed by atoms with van der Waals surface area (Å²) in [5.41, 5.74) is 1.04. The molecule has 3 heteroatoms. The van der Waals surface area contributed by atoms with E-state index in [2.05, 4.69) is 12.1 Å². The van der Waals surface area contributed by atoms with E-state index in [1.165, 1.54) is 0 Å². The van der Waals surface area contributed by atoms with E-state index in [4.69, 9.17) is 0 Å². The van der Waals surface area contributed by atoms with Crippen molar-refractivity contribution in [2.45, 2.75) is 39.3 Å². The lowest BCUT2D eigenvalue weighted by atomic mass is 10.0. The number of amides is 1. The van der Waals surface area contributed by atoms with Gasteiger partial charge in [0.15, 0.2) is 0 Å². The Morgan fingerprint density at radius 1 is 1.10 bits per heavy atom. The molecule has 1 unspecified atom stereocenters. The van der Waals surface area contributed by atoms with Gasteiger partial charge in [-0.05, 0) is 37.1 Å². The first-order valence-corrected chi connectivity index (χ1v) is 7.43. The molecule has 0 saturated heterocycles. The summed E-state index contributed by atoms with van der Waals surface area (Å²) in [7, 11) is 0. The van der Waals surface area contributed by atoms with E-state index in [9.17, 15) is 9.90 Å². The lowest BCUT2D eigenvalue weighted by molar-refractivity contribution is -0.133. The highest BCUT2D eigenvalue weighted by Crippen LogP contribution is 2.20. The molecule has 0 aromatic heterocycles. The standard InChI is InChI=1S/C18H23NO2/c1-13(2)19(12-14(3)20)18(21)11-16-9-6-8-15-7-4-5-10-17(15)16/h4-10,13-14,20H,11-12H2,1-3H3. The third-order valence-corrected chi connectivity index (χ3v) is 3.63. The quantitative estimate of drug-likeness (QED) is 0.917. The smallest absolute Gasteiger partial charge is 0.227 e. The number of carbonyl (C=O) groups is 1. The second-order valence-electron chi connectivity index (χ2n) is 5.80. The SMILES string of the molecule is CC(O)CN(C(=O)Cc1cccc2ccccc12)C(C)C. The van der Waals surface area contributed by atoms with Crippen molar-refractivity contribution in [1.29, 1.82) is 0 Å². The summed E-state index contributed by atoms with van der Waals surface area (Å²) in [6.07, 6.45) is -0.143. The molecule has 0 radical (unpaired) electrons.